The molecule has 0 aliphatic heterocycles. The third kappa shape index (κ3) is 7.00. The van der Waals surface area contributed by atoms with Gasteiger partial charge in [-0.05, 0) is 60.9 Å². The van der Waals surface area contributed by atoms with Crippen molar-refractivity contribution in [1.29, 1.82) is 0 Å². The molecular formula is C31H41NO3. The Bertz CT molecular complexity index is 1130. The Morgan fingerprint density at radius 2 is 1.83 bits per heavy atom. The first kappa shape index (κ1) is 26.6. The van der Waals surface area contributed by atoms with Gasteiger partial charge in [-0.15, -0.1) is 0 Å². The summed E-state index contributed by atoms with van der Waals surface area (Å²) in [6, 6.07) is 17.6. The summed E-state index contributed by atoms with van der Waals surface area (Å²) in [6.45, 7) is 16.1. The van der Waals surface area contributed by atoms with Gasteiger partial charge in [-0.1, -0.05) is 65.5 Å². The molecule has 3 aromatic rings. The largest absolute Gasteiger partial charge is 0.493 e. The second-order valence-corrected chi connectivity index (χ2v) is 10.3. The van der Waals surface area contributed by atoms with Crippen molar-refractivity contribution in [3.8, 4) is 17.0 Å². The van der Waals surface area contributed by atoms with Crippen molar-refractivity contribution in [2.45, 2.75) is 66.8 Å². The first-order valence-electron chi connectivity index (χ1n) is 12.9. The van der Waals surface area contributed by atoms with Crippen molar-refractivity contribution >= 4 is 16.9 Å². The highest BCUT2D eigenvalue weighted by Crippen LogP contribution is 2.32. The van der Waals surface area contributed by atoms with E-state index in [1.54, 1.807) is 0 Å². The van der Waals surface area contributed by atoms with E-state index >= 15 is 0 Å². The molecule has 4 nitrogen and oxygen atoms in total. The summed E-state index contributed by atoms with van der Waals surface area (Å²) in [5.41, 5.74) is 4.77. The SMILES string of the molecule is C=CC(=O)OCC(C)(CC)COc1ccc2cc(-c3ccc(CC)cc3)n(CCCC(C)C)c2c1. The number of carbonyl (C=O) groups is 1. The van der Waals surface area contributed by atoms with Gasteiger partial charge >= 0.3 is 5.97 Å². The van der Waals surface area contributed by atoms with Gasteiger partial charge in [-0.3, -0.25) is 0 Å². The summed E-state index contributed by atoms with van der Waals surface area (Å²) < 4.78 is 14.0. The fourth-order valence-electron chi connectivity index (χ4n) is 4.18. The number of rotatable bonds is 13. The molecule has 2 aromatic carbocycles. The van der Waals surface area contributed by atoms with Crippen LogP contribution in [-0.4, -0.2) is 23.8 Å². The molecule has 35 heavy (non-hydrogen) atoms. The minimum Gasteiger partial charge on any atom is -0.493 e. The molecule has 0 aliphatic rings. The van der Waals surface area contributed by atoms with Crippen molar-refractivity contribution in [3.63, 3.8) is 0 Å². The number of hydrogen-bond donors (Lipinski definition) is 0. The Morgan fingerprint density at radius 3 is 2.46 bits per heavy atom. The van der Waals surface area contributed by atoms with E-state index in [-0.39, 0.29) is 5.41 Å². The third-order valence-electron chi connectivity index (χ3n) is 6.87. The van der Waals surface area contributed by atoms with Crippen LogP contribution in [0.25, 0.3) is 22.2 Å². The molecule has 188 valence electrons. The third-order valence-corrected chi connectivity index (χ3v) is 6.87. The number of hydrogen-bond acceptors (Lipinski definition) is 3. The molecule has 1 unspecified atom stereocenters. The molecule has 3 rings (SSSR count). The van der Waals surface area contributed by atoms with Crippen LogP contribution in [0, 0.1) is 11.3 Å². The fraction of sp³-hybridized carbons (Fsp3) is 0.452. The van der Waals surface area contributed by atoms with Gasteiger partial charge in [-0.25, -0.2) is 4.79 Å². The van der Waals surface area contributed by atoms with E-state index in [1.807, 2.05) is 6.07 Å². The summed E-state index contributed by atoms with van der Waals surface area (Å²) in [5, 5.41) is 1.22. The molecule has 1 heterocycles. The second-order valence-electron chi connectivity index (χ2n) is 10.3. The van der Waals surface area contributed by atoms with Crippen molar-refractivity contribution in [2.24, 2.45) is 11.3 Å². The minimum absolute atomic E-state index is 0.265. The molecule has 4 heteroatoms. The number of aryl methyl sites for hydroxylation is 2. The number of fused-ring (bicyclic) bond motifs is 1. The van der Waals surface area contributed by atoms with Crippen LogP contribution in [0.3, 0.4) is 0 Å². The zero-order chi connectivity index (χ0) is 25.4. The number of nitrogens with zero attached hydrogens (tertiary/aromatic N) is 1. The summed E-state index contributed by atoms with van der Waals surface area (Å²) >= 11 is 0. The summed E-state index contributed by atoms with van der Waals surface area (Å²) in [4.78, 5) is 11.5. The van der Waals surface area contributed by atoms with Crippen LogP contribution in [0.5, 0.6) is 5.75 Å². The predicted molar refractivity (Wildman–Crippen MR) is 146 cm³/mol. The van der Waals surface area contributed by atoms with Crippen LogP contribution in [0.2, 0.25) is 0 Å². The molecular weight excluding hydrogens is 434 g/mol. The molecule has 0 amide bonds. The molecule has 0 aliphatic carbocycles. The van der Waals surface area contributed by atoms with E-state index < -0.39 is 5.97 Å². The highest BCUT2D eigenvalue weighted by Gasteiger charge is 2.25. The summed E-state index contributed by atoms with van der Waals surface area (Å²) in [5.74, 6) is 1.12. The Morgan fingerprint density at radius 1 is 1.09 bits per heavy atom. The lowest BCUT2D eigenvalue weighted by atomic mass is 9.90. The molecule has 0 N–H and O–H groups in total. The first-order chi connectivity index (χ1) is 16.8. The molecule has 0 saturated heterocycles. The van der Waals surface area contributed by atoms with Crippen LogP contribution in [0.4, 0.5) is 0 Å². The maximum atomic E-state index is 11.5. The van der Waals surface area contributed by atoms with Gasteiger partial charge in [0.1, 0.15) is 12.4 Å². The van der Waals surface area contributed by atoms with E-state index in [2.05, 4.69) is 88.2 Å². The van der Waals surface area contributed by atoms with Gasteiger partial charge in [0.05, 0.1) is 12.1 Å². The highest BCUT2D eigenvalue weighted by molar-refractivity contribution is 5.88. The van der Waals surface area contributed by atoms with Gasteiger partial charge in [0, 0.05) is 35.2 Å². The Kier molecular flexibility index (Phi) is 9.20. The van der Waals surface area contributed by atoms with Crippen LogP contribution in [-0.2, 0) is 22.5 Å². The van der Waals surface area contributed by atoms with Crippen molar-refractivity contribution in [2.75, 3.05) is 13.2 Å². The normalized spacial score (nSPS) is 13.1. The van der Waals surface area contributed by atoms with E-state index in [0.717, 1.165) is 31.6 Å². The van der Waals surface area contributed by atoms with Crippen molar-refractivity contribution in [1.82, 2.24) is 4.57 Å². The van der Waals surface area contributed by atoms with Crippen molar-refractivity contribution in [3.05, 3.63) is 66.7 Å². The van der Waals surface area contributed by atoms with Crippen molar-refractivity contribution < 1.29 is 14.3 Å². The van der Waals surface area contributed by atoms with E-state index in [1.165, 1.54) is 40.2 Å². The minimum atomic E-state index is -0.398. The van der Waals surface area contributed by atoms with E-state index in [0.29, 0.717) is 19.1 Å². The monoisotopic (exact) mass is 475 g/mol. The molecule has 0 bridgehead atoms. The Balaban J connectivity index is 1.88. The number of carbonyl (C=O) groups excluding carboxylic acids is 1. The molecule has 1 atom stereocenters. The van der Waals surface area contributed by atoms with Gasteiger partial charge in [-0.2, -0.15) is 0 Å². The number of aromatic nitrogens is 1. The maximum Gasteiger partial charge on any atom is 0.330 e. The smallest absolute Gasteiger partial charge is 0.330 e. The first-order valence-corrected chi connectivity index (χ1v) is 12.9. The number of benzene rings is 2. The zero-order valence-corrected chi connectivity index (χ0v) is 22.1. The lowest BCUT2D eigenvalue weighted by Crippen LogP contribution is -2.30. The number of esters is 1. The van der Waals surface area contributed by atoms with Crippen LogP contribution in [0.15, 0.2) is 61.2 Å². The Labute approximate surface area is 210 Å². The average molecular weight is 476 g/mol. The molecule has 0 spiro atoms. The van der Waals surface area contributed by atoms with Gasteiger partial charge in [0.25, 0.3) is 0 Å². The highest BCUT2D eigenvalue weighted by atomic mass is 16.5. The maximum absolute atomic E-state index is 11.5. The summed E-state index contributed by atoms with van der Waals surface area (Å²) in [7, 11) is 0. The fourth-order valence-corrected chi connectivity index (χ4v) is 4.18. The van der Waals surface area contributed by atoms with Crippen LogP contribution < -0.4 is 4.74 Å². The topological polar surface area (TPSA) is 40.5 Å². The summed E-state index contributed by atoms with van der Waals surface area (Å²) in [6.07, 6.45) is 5.41. The van der Waals surface area contributed by atoms with Crippen LogP contribution in [0.1, 0.15) is 59.4 Å². The van der Waals surface area contributed by atoms with Gasteiger partial charge in [0.15, 0.2) is 0 Å². The molecule has 0 saturated carbocycles. The average Bonchev–Trinajstić information content (AvgIpc) is 3.23. The van der Waals surface area contributed by atoms with Crippen LogP contribution >= 0.6 is 0 Å². The zero-order valence-electron chi connectivity index (χ0n) is 22.1. The van der Waals surface area contributed by atoms with E-state index in [9.17, 15) is 4.79 Å². The van der Waals surface area contributed by atoms with Gasteiger partial charge in [0.2, 0.25) is 0 Å². The lowest BCUT2D eigenvalue weighted by molar-refractivity contribution is -0.141. The molecule has 1 aromatic heterocycles. The van der Waals surface area contributed by atoms with E-state index in [4.69, 9.17) is 9.47 Å². The second kappa shape index (κ2) is 12.1. The predicted octanol–water partition coefficient (Wildman–Crippen LogP) is 7.83. The standard InChI is InChI=1S/C31H41NO3/c1-7-24-12-14-25(15-13-24)28-19-26-16-17-27(20-29(26)32(28)18-10-11-23(4)5)34-21-31(6,9-3)22-35-30(33)8-2/h8,12-17,19-20,23H,2,7,9-11,18,21-22H2,1,3-6H3. The quantitative estimate of drug-likeness (QED) is 0.187. The molecule has 0 radical (unpaired) electrons. The van der Waals surface area contributed by atoms with Gasteiger partial charge < -0.3 is 14.0 Å². The molecule has 0 fully saturated rings. The number of ether oxygens (including phenoxy) is 2. The Hall–Kier alpha value is -3.01. The lowest BCUT2D eigenvalue weighted by Gasteiger charge is -2.27.